The van der Waals surface area contributed by atoms with Crippen molar-refractivity contribution in [3.05, 3.63) is 76.9 Å². The van der Waals surface area contributed by atoms with Gasteiger partial charge in [0.05, 0.1) is 11.6 Å². The number of nitrogens with zero attached hydrogens (tertiary/aromatic N) is 1. The van der Waals surface area contributed by atoms with E-state index < -0.39 is 41.1 Å². The van der Waals surface area contributed by atoms with Gasteiger partial charge in [0, 0.05) is 18.5 Å². The summed E-state index contributed by atoms with van der Waals surface area (Å²) in [7, 11) is 0. The zero-order chi connectivity index (χ0) is 22.5. The summed E-state index contributed by atoms with van der Waals surface area (Å²) in [5.41, 5.74) is 0.267. The number of hydrogen-bond acceptors (Lipinski definition) is 4. The van der Waals surface area contributed by atoms with Gasteiger partial charge in [-0.05, 0) is 54.8 Å². The number of aliphatic hydroxyl groups is 1. The number of carboxylic acids is 1. The molecule has 6 nitrogen and oxygen atoms in total. The number of carbonyl (C=O) groups is 3. The lowest BCUT2D eigenvalue weighted by Gasteiger charge is -2.25. The highest BCUT2D eigenvalue weighted by Crippen LogP contribution is 2.39. The van der Waals surface area contributed by atoms with Gasteiger partial charge < -0.3 is 15.1 Å². The molecule has 0 saturated carbocycles. The Bertz CT molecular complexity index is 1030. The molecule has 2 N–H and O–H groups in total. The van der Waals surface area contributed by atoms with E-state index in [4.69, 9.17) is 5.11 Å². The fourth-order valence-corrected chi connectivity index (χ4v) is 3.63. The molecule has 0 aliphatic carbocycles. The molecule has 0 bridgehead atoms. The number of rotatable bonds is 8. The molecule has 1 amide bonds. The van der Waals surface area contributed by atoms with Crippen molar-refractivity contribution in [3.63, 3.8) is 0 Å². The molecule has 8 heteroatoms. The van der Waals surface area contributed by atoms with Crippen LogP contribution in [0.3, 0.4) is 0 Å². The van der Waals surface area contributed by atoms with Gasteiger partial charge in [0.2, 0.25) is 0 Å². The van der Waals surface area contributed by atoms with Crippen LogP contribution < -0.4 is 0 Å². The third-order valence-corrected chi connectivity index (χ3v) is 5.11. The van der Waals surface area contributed by atoms with Crippen LogP contribution in [-0.4, -0.2) is 39.3 Å². The smallest absolute Gasteiger partial charge is 0.303 e. The number of hydrogen-bond donors (Lipinski definition) is 2. The van der Waals surface area contributed by atoms with Crippen LogP contribution in [0, 0.1) is 11.6 Å². The van der Waals surface area contributed by atoms with E-state index in [1.807, 2.05) is 0 Å². The number of benzene rings is 2. The molecule has 1 heterocycles. The van der Waals surface area contributed by atoms with Crippen LogP contribution in [-0.2, 0) is 14.4 Å². The maximum absolute atomic E-state index is 13.9. The van der Waals surface area contributed by atoms with Crippen LogP contribution in [0.2, 0.25) is 0 Å². The Morgan fingerprint density at radius 2 is 1.65 bits per heavy atom. The number of carbonyl (C=O) groups excluding carboxylic acids is 2. The molecule has 162 valence electrons. The average molecular weight is 429 g/mol. The quantitative estimate of drug-likeness (QED) is 0.286. The van der Waals surface area contributed by atoms with Gasteiger partial charge in [-0.25, -0.2) is 8.78 Å². The molecule has 0 radical (unpaired) electrons. The number of aliphatic carboxylic acids is 1. The maximum Gasteiger partial charge on any atom is 0.303 e. The average Bonchev–Trinajstić information content (AvgIpc) is 2.98. The molecular formula is C23H21F2NO5. The number of halogens is 2. The van der Waals surface area contributed by atoms with E-state index in [9.17, 15) is 28.3 Å². The number of Topliss-reactive ketones (excluding diaryl/α,β-unsaturated/α-hetero) is 1. The van der Waals surface area contributed by atoms with E-state index in [-0.39, 0.29) is 24.1 Å². The van der Waals surface area contributed by atoms with Crippen LogP contribution in [0.1, 0.15) is 42.9 Å². The van der Waals surface area contributed by atoms with Crippen molar-refractivity contribution in [2.45, 2.75) is 31.7 Å². The van der Waals surface area contributed by atoms with E-state index in [1.54, 1.807) is 6.07 Å². The van der Waals surface area contributed by atoms with Gasteiger partial charge in [-0.3, -0.25) is 14.4 Å². The van der Waals surface area contributed by atoms with Gasteiger partial charge in [0.15, 0.2) is 0 Å². The summed E-state index contributed by atoms with van der Waals surface area (Å²) in [5.74, 6) is -4.23. The monoisotopic (exact) mass is 429 g/mol. The fraction of sp³-hybridized carbons (Fsp3) is 0.261. The Labute approximate surface area is 177 Å². The predicted octanol–water partition coefficient (Wildman–Crippen LogP) is 4.03. The van der Waals surface area contributed by atoms with Crippen LogP contribution in [0.5, 0.6) is 0 Å². The molecule has 1 aliphatic rings. The molecule has 2 aromatic carbocycles. The van der Waals surface area contributed by atoms with Crippen LogP contribution in [0.25, 0.3) is 5.76 Å². The summed E-state index contributed by atoms with van der Waals surface area (Å²) in [6.07, 6.45) is 1.36. The zero-order valence-corrected chi connectivity index (χ0v) is 16.6. The Morgan fingerprint density at radius 1 is 0.935 bits per heavy atom. The second-order valence-corrected chi connectivity index (χ2v) is 7.26. The summed E-state index contributed by atoms with van der Waals surface area (Å²) in [6.45, 7) is 0.131. The van der Waals surface area contributed by atoms with E-state index in [2.05, 4.69) is 0 Å². The maximum atomic E-state index is 13.9. The Kier molecular flexibility index (Phi) is 6.79. The third-order valence-electron chi connectivity index (χ3n) is 5.11. The first-order valence-electron chi connectivity index (χ1n) is 9.81. The summed E-state index contributed by atoms with van der Waals surface area (Å²) in [4.78, 5) is 37.4. The predicted molar refractivity (Wildman–Crippen MR) is 108 cm³/mol. The Morgan fingerprint density at radius 3 is 2.29 bits per heavy atom. The van der Waals surface area contributed by atoms with E-state index in [0.29, 0.717) is 24.8 Å². The Hall–Kier alpha value is -3.55. The SMILES string of the molecule is O=C(O)CCCCCN1C(=O)C(=O)C(=C(O)c2ccc(F)cc2)C1c1cccc(F)c1. The molecule has 3 rings (SSSR count). The Balaban J connectivity index is 1.97. The zero-order valence-electron chi connectivity index (χ0n) is 16.6. The fourth-order valence-electron chi connectivity index (χ4n) is 3.63. The molecule has 1 atom stereocenters. The van der Waals surface area contributed by atoms with Crippen molar-refractivity contribution >= 4 is 23.4 Å². The first kappa shape index (κ1) is 22.1. The lowest BCUT2D eigenvalue weighted by molar-refractivity contribution is -0.140. The van der Waals surface area contributed by atoms with Crippen molar-refractivity contribution in [2.75, 3.05) is 6.54 Å². The van der Waals surface area contributed by atoms with Gasteiger partial charge in [0.25, 0.3) is 11.7 Å². The van der Waals surface area contributed by atoms with Crippen molar-refractivity contribution in [3.8, 4) is 0 Å². The molecule has 1 unspecified atom stereocenters. The highest BCUT2D eigenvalue weighted by Gasteiger charge is 2.45. The standard InChI is InChI=1S/C23H21F2NO5/c24-16-10-8-14(9-11-16)21(29)19-20(15-5-4-6-17(25)13-15)26(23(31)22(19)30)12-3-1-2-7-18(27)28/h4-6,8-11,13,20,29H,1-3,7,12H2,(H,27,28). The summed E-state index contributed by atoms with van der Waals surface area (Å²) < 4.78 is 27.2. The van der Waals surface area contributed by atoms with Gasteiger partial charge in [-0.15, -0.1) is 0 Å². The number of aliphatic hydroxyl groups excluding tert-OH is 1. The highest BCUT2D eigenvalue weighted by atomic mass is 19.1. The number of amides is 1. The number of likely N-dealkylation sites (tertiary alicyclic amines) is 1. The van der Waals surface area contributed by atoms with Crippen LogP contribution >= 0.6 is 0 Å². The van der Waals surface area contributed by atoms with E-state index >= 15 is 0 Å². The van der Waals surface area contributed by atoms with Crippen molar-refractivity contribution in [1.82, 2.24) is 4.90 Å². The topological polar surface area (TPSA) is 94.9 Å². The lowest BCUT2D eigenvalue weighted by Crippen LogP contribution is -2.30. The summed E-state index contributed by atoms with van der Waals surface area (Å²) in [5, 5.41) is 19.5. The van der Waals surface area contributed by atoms with Gasteiger partial charge >= 0.3 is 5.97 Å². The first-order chi connectivity index (χ1) is 14.8. The van der Waals surface area contributed by atoms with Gasteiger partial charge in [-0.2, -0.15) is 0 Å². The highest BCUT2D eigenvalue weighted by molar-refractivity contribution is 6.46. The van der Waals surface area contributed by atoms with Crippen molar-refractivity contribution in [1.29, 1.82) is 0 Å². The number of unbranched alkanes of at least 4 members (excludes halogenated alkanes) is 2. The van der Waals surface area contributed by atoms with Crippen molar-refractivity contribution in [2.24, 2.45) is 0 Å². The minimum Gasteiger partial charge on any atom is -0.507 e. The molecule has 0 spiro atoms. The minimum atomic E-state index is -1.01. The summed E-state index contributed by atoms with van der Waals surface area (Å²) >= 11 is 0. The third kappa shape index (κ3) is 4.96. The molecule has 0 aromatic heterocycles. The first-order valence-corrected chi connectivity index (χ1v) is 9.81. The second-order valence-electron chi connectivity index (χ2n) is 7.26. The van der Waals surface area contributed by atoms with Crippen LogP contribution in [0.15, 0.2) is 54.1 Å². The van der Waals surface area contributed by atoms with Gasteiger partial charge in [-0.1, -0.05) is 18.6 Å². The number of carboxylic acid groups (broad SMARTS) is 1. The van der Waals surface area contributed by atoms with Crippen molar-refractivity contribution < 1.29 is 33.4 Å². The van der Waals surface area contributed by atoms with Gasteiger partial charge in [0.1, 0.15) is 17.4 Å². The van der Waals surface area contributed by atoms with E-state index in [1.165, 1.54) is 35.2 Å². The summed E-state index contributed by atoms with van der Waals surface area (Å²) in [6, 6.07) is 9.19. The minimum absolute atomic E-state index is 0.00326. The second kappa shape index (κ2) is 9.51. The van der Waals surface area contributed by atoms with Crippen LogP contribution in [0.4, 0.5) is 8.78 Å². The largest absolute Gasteiger partial charge is 0.507 e. The normalized spacial score (nSPS) is 17.9. The molecule has 1 fully saturated rings. The molecule has 31 heavy (non-hydrogen) atoms. The number of ketones is 1. The lowest BCUT2D eigenvalue weighted by atomic mass is 9.95. The molecular weight excluding hydrogens is 408 g/mol. The molecule has 2 aromatic rings. The molecule has 1 aliphatic heterocycles. The molecule has 1 saturated heterocycles. The van der Waals surface area contributed by atoms with E-state index in [0.717, 1.165) is 12.1 Å².